The Morgan fingerprint density at radius 3 is 2.62 bits per heavy atom. The molecule has 1 aromatic carbocycles. The molecule has 0 amide bonds. The van der Waals surface area contributed by atoms with Gasteiger partial charge in [-0.25, -0.2) is 4.98 Å². The van der Waals surface area contributed by atoms with Gasteiger partial charge in [-0.05, 0) is 43.7 Å². The molecule has 4 rings (SSSR count). The van der Waals surface area contributed by atoms with Crippen LogP contribution in [-0.4, -0.2) is 61.5 Å². The molecule has 1 aromatic heterocycles. The summed E-state index contributed by atoms with van der Waals surface area (Å²) in [5.41, 5.74) is 2.97. The highest BCUT2D eigenvalue weighted by molar-refractivity contribution is 6.33. The van der Waals surface area contributed by atoms with Crippen LogP contribution in [-0.2, 0) is 0 Å². The minimum Gasteiger partial charge on any atom is -0.478 e. The molecule has 0 saturated carbocycles. The van der Waals surface area contributed by atoms with Gasteiger partial charge in [-0.3, -0.25) is 9.89 Å². The molecular formula is C23H27ClN4O. The van der Waals surface area contributed by atoms with Crippen LogP contribution in [0.2, 0.25) is 5.02 Å². The molecule has 2 aliphatic rings. The third kappa shape index (κ3) is 5.37. The van der Waals surface area contributed by atoms with Crippen molar-refractivity contribution in [3.8, 4) is 5.88 Å². The number of piperazine rings is 1. The van der Waals surface area contributed by atoms with Gasteiger partial charge in [-0.1, -0.05) is 35.9 Å². The number of aliphatic imine (C=N–C) groups is 1. The number of rotatable bonds is 8. The number of unbranched alkanes of at least 4 members (excludes halogenated alkanes) is 1. The van der Waals surface area contributed by atoms with E-state index >= 15 is 0 Å². The lowest BCUT2D eigenvalue weighted by Gasteiger charge is -2.36. The maximum atomic E-state index is 6.33. The average Bonchev–Trinajstić information content (AvgIpc) is 3.30. The Kier molecular flexibility index (Phi) is 6.80. The van der Waals surface area contributed by atoms with E-state index in [1.807, 2.05) is 42.5 Å². The molecule has 0 unspecified atom stereocenters. The van der Waals surface area contributed by atoms with Crippen LogP contribution in [0.25, 0.3) is 0 Å². The minimum absolute atomic E-state index is 0.679. The van der Waals surface area contributed by atoms with Crippen molar-refractivity contribution in [1.29, 1.82) is 0 Å². The van der Waals surface area contributed by atoms with Crippen molar-refractivity contribution in [2.75, 3.05) is 50.8 Å². The van der Waals surface area contributed by atoms with E-state index in [2.05, 4.69) is 31.9 Å². The molecule has 3 heterocycles. The first kappa shape index (κ1) is 19.9. The Balaban J connectivity index is 1.14. The van der Waals surface area contributed by atoms with E-state index in [1.54, 1.807) is 0 Å². The SMILES string of the molecule is Clc1ccccc1N1CCN(CCCCOc2cccc(C3=NCC=C3)n2)CC1. The summed E-state index contributed by atoms with van der Waals surface area (Å²) in [6.45, 7) is 6.74. The van der Waals surface area contributed by atoms with Gasteiger partial charge in [0, 0.05) is 32.2 Å². The molecule has 0 atom stereocenters. The van der Waals surface area contributed by atoms with Crippen LogP contribution >= 0.6 is 11.6 Å². The van der Waals surface area contributed by atoms with Crippen molar-refractivity contribution in [3.05, 3.63) is 65.3 Å². The van der Waals surface area contributed by atoms with Crippen molar-refractivity contribution < 1.29 is 4.74 Å². The Bertz CT molecular complexity index is 875. The molecule has 2 aromatic rings. The predicted octanol–water partition coefficient (Wildman–Crippen LogP) is 4.08. The van der Waals surface area contributed by atoms with Crippen LogP contribution in [0.3, 0.4) is 0 Å². The number of ether oxygens (including phenoxy) is 1. The van der Waals surface area contributed by atoms with Crippen molar-refractivity contribution in [3.63, 3.8) is 0 Å². The number of halogens is 1. The number of para-hydroxylation sites is 1. The van der Waals surface area contributed by atoms with Gasteiger partial charge >= 0.3 is 0 Å². The summed E-state index contributed by atoms with van der Waals surface area (Å²) in [4.78, 5) is 13.9. The van der Waals surface area contributed by atoms with Gasteiger partial charge < -0.3 is 9.64 Å². The second kappa shape index (κ2) is 9.90. The molecule has 2 aliphatic heterocycles. The fourth-order valence-electron chi connectivity index (χ4n) is 3.71. The van der Waals surface area contributed by atoms with E-state index in [4.69, 9.17) is 16.3 Å². The van der Waals surface area contributed by atoms with E-state index in [1.165, 1.54) is 0 Å². The normalized spacial score (nSPS) is 16.9. The minimum atomic E-state index is 0.679. The highest BCUT2D eigenvalue weighted by Gasteiger charge is 2.18. The van der Waals surface area contributed by atoms with Gasteiger partial charge in [-0.15, -0.1) is 0 Å². The van der Waals surface area contributed by atoms with E-state index in [0.717, 1.165) is 74.2 Å². The number of aromatic nitrogens is 1. The lowest BCUT2D eigenvalue weighted by Crippen LogP contribution is -2.46. The first-order valence-electron chi connectivity index (χ1n) is 10.3. The molecule has 0 aliphatic carbocycles. The van der Waals surface area contributed by atoms with Gasteiger partial charge in [0.05, 0.1) is 35.3 Å². The largest absolute Gasteiger partial charge is 0.478 e. The summed E-state index contributed by atoms with van der Waals surface area (Å²) in [7, 11) is 0. The fourth-order valence-corrected chi connectivity index (χ4v) is 3.96. The van der Waals surface area contributed by atoms with Crippen molar-refractivity contribution in [1.82, 2.24) is 9.88 Å². The first-order valence-corrected chi connectivity index (χ1v) is 10.7. The molecule has 0 N–H and O–H groups in total. The summed E-state index contributed by atoms with van der Waals surface area (Å²) in [5.74, 6) is 0.679. The summed E-state index contributed by atoms with van der Waals surface area (Å²) in [5, 5.41) is 0.840. The highest BCUT2D eigenvalue weighted by Crippen LogP contribution is 2.26. The van der Waals surface area contributed by atoms with E-state index in [0.29, 0.717) is 12.5 Å². The van der Waals surface area contributed by atoms with Crippen molar-refractivity contribution in [2.45, 2.75) is 12.8 Å². The lowest BCUT2D eigenvalue weighted by atomic mass is 10.2. The maximum Gasteiger partial charge on any atom is 0.213 e. The monoisotopic (exact) mass is 410 g/mol. The smallest absolute Gasteiger partial charge is 0.213 e. The quantitative estimate of drug-likeness (QED) is 0.615. The molecule has 1 saturated heterocycles. The molecule has 29 heavy (non-hydrogen) atoms. The van der Waals surface area contributed by atoms with Crippen LogP contribution in [0.4, 0.5) is 5.69 Å². The third-order valence-corrected chi connectivity index (χ3v) is 5.63. The van der Waals surface area contributed by atoms with Crippen molar-refractivity contribution >= 4 is 23.0 Å². The number of anilines is 1. The van der Waals surface area contributed by atoms with E-state index in [9.17, 15) is 0 Å². The van der Waals surface area contributed by atoms with Crippen LogP contribution in [0.1, 0.15) is 18.5 Å². The van der Waals surface area contributed by atoms with Crippen LogP contribution in [0, 0.1) is 0 Å². The van der Waals surface area contributed by atoms with Crippen LogP contribution in [0.5, 0.6) is 5.88 Å². The van der Waals surface area contributed by atoms with Gasteiger partial charge in [-0.2, -0.15) is 0 Å². The molecular weight excluding hydrogens is 384 g/mol. The molecule has 1 fully saturated rings. The average molecular weight is 411 g/mol. The molecule has 0 radical (unpaired) electrons. The topological polar surface area (TPSA) is 41.0 Å². The first-order chi connectivity index (χ1) is 14.3. The zero-order chi connectivity index (χ0) is 19.9. The molecule has 0 spiro atoms. The van der Waals surface area contributed by atoms with E-state index < -0.39 is 0 Å². The second-order valence-electron chi connectivity index (χ2n) is 7.33. The Morgan fingerprint density at radius 1 is 0.966 bits per heavy atom. The molecule has 152 valence electrons. The summed E-state index contributed by atoms with van der Waals surface area (Å²) in [6.07, 6.45) is 6.20. The number of allylic oxidation sites excluding steroid dienone is 1. The summed E-state index contributed by atoms with van der Waals surface area (Å²) < 4.78 is 5.85. The van der Waals surface area contributed by atoms with Gasteiger partial charge in [0.15, 0.2) is 0 Å². The van der Waals surface area contributed by atoms with Gasteiger partial charge in [0.2, 0.25) is 5.88 Å². The lowest BCUT2D eigenvalue weighted by molar-refractivity contribution is 0.236. The van der Waals surface area contributed by atoms with Gasteiger partial charge in [0.25, 0.3) is 0 Å². The predicted molar refractivity (Wildman–Crippen MR) is 120 cm³/mol. The Hall–Kier alpha value is -2.37. The molecule has 0 bridgehead atoms. The zero-order valence-corrected chi connectivity index (χ0v) is 17.4. The van der Waals surface area contributed by atoms with Crippen molar-refractivity contribution in [2.24, 2.45) is 4.99 Å². The zero-order valence-electron chi connectivity index (χ0n) is 16.6. The molecule has 5 nitrogen and oxygen atoms in total. The third-order valence-electron chi connectivity index (χ3n) is 5.31. The highest BCUT2D eigenvalue weighted by atomic mass is 35.5. The standard InChI is InChI=1S/C23H27ClN4O/c24-19-7-1-2-10-22(19)28-16-14-27(15-17-28)13-3-4-18-29-23-11-5-8-21(26-23)20-9-6-12-25-20/h1-2,5-11H,3-4,12-18H2. The second-order valence-corrected chi connectivity index (χ2v) is 7.73. The maximum absolute atomic E-state index is 6.33. The molecule has 6 heteroatoms. The van der Waals surface area contributed by atoms with Crippen LogP contribution in [0.15, 0.2) is 59.6 Å². The number of hydrogen-bond donors (Lipinski definition) is 0. The van der Waals surface area contributed by atoms with Gasteiger partial charge in [0.1, 0.15) is 0 Å². The Morgan fingerprint density at radius 2 is 1.83 bits per heavy atom. The summed E-state index contributed by atoms with van der Waals surface area (Å²) >= 11 is 6.33. The number of benzene rings is 1. The summed E-state index contributed by atoms with van der Waals surface area (Å²) in [6, 6.07) is 14.0. The number of pyridine rings is 1. The Labute approximate surface area is 177 Å². The number of hydrogen-bond acceptors (Lipinski definition) is 5. The van der Waals surface area contributed by atoms with Crippen LogP contribution < -0.4 is 9.64 Å². The number of nitrogens with zero attached hydrogens (tertiary/aromatic N) is 4. The van der Waals surface area contributed by atoms with E-state index in [-0.39, 0.29) is 0 Å². The fraction of sp³-hybridized carbons (Fsp3) is 0.391.